The molecule has 5 nitrogen and oxygen atoms in total. The molecule has 6 heteroatoms. The Hall–Kier alpha value is -2.52. The molecular weight excluding hydrogens is 284 g/mol. The van der Waals surface area contributed by atoms with Crippen LogP contribution in [0, 0.1) is 11.3 Å². The van der Waals surface area contributed by atoms with Crippen LogP contribution in [0.1, 0.15) is 32.8 Å². The maximum absolute atomic E-state index is 12.3. The lowest BCUT2D eigenvalue weighted by Gasteiger charge is -2.07. The maximum atomic E-state index is 12.3. The summed E-state index contributed by atoms with van der Waals surface area (Å²) in [5.74, 6) is -0.316. The van der Waals surface area contributed by atoms with Crippen molar-refractivity contribution in [1.29, 1.82) is 5.26 Å². The van der Waals surface area contributed by atoms with Crippen LogP contribution in [0.5, 0.6) is 0 Å². The topological polar surface area (TPSA) is 105 Å². The maximum Gasteiger partial charge on any atom is 0.258 e. The number of fused-ring (bicyclic) bond motifs is 1. The van der Waals surface area contributed by atoms with Crippen LogP contribution in [-0.4, -0.2) is 5.91 Å². The molecule has 0 aliphatic heterocycles. The average molecular weight is 298 g/mol. The summed E-state index contributed by atoms with van der Waals surface area (Å²) >= 11 is 1.49. The third-order valence-electron chi connectivity index (χ3n) is 3.58. The van der Waals surface area contributed by atoms with E-state index in [4.69, 9.17) is 11.5 Å². The lowest BCUT2D eigenvalue weighted by atomic mass is 10.1. The number of hydrogen-bond donors (Lipinski definition) is 3. The minimum atomic E-state index is -0.316. The molecule has 0 saturated heterocycles. The van der Waals surface area contributed by atoms with Gasteiger partial charge in [0, 0.05) is 16.3 Å². The van der Waals surface area contributed by atoms with E-state index in [2.05, 4.69) is 11.4 Å². The fourth-order valence-corrected chi connectivity index (χ4v) is 3.80. The van der Waals surface area contributed by atoms with E-state index in [1.165, 1.54) is 16.2 Å². The van der Waals surface area contributed by atoms with Crippen molar-refractivity contribution in [1.82, 2.24) is 0 Å². The Morgan fingerprint density at radius 3 is 2.86 bits per heavy atom. The van der Waals surface area contributed by atoms with Crippen molar-refractivity contribution >= 4 is 33.6 Å². The Morgan fingerprint density at radius 1 is 1.33 bits per heavy atom. The number of nitrogens with two attached hydrogens (primary N) is 2. The van der Waals surface area contributed by atoms with Gasteiger partial charge in [-0.15, -0.1) is 11.3 Å². The first kappa shape index (κ1) is 13.5. The van der Waals surface area contributed by atoms with Gasteiger partial charge < -0.3 is 16.8 Å². The van der Waals surface area contributed by atoms with Crippen LogP contribution in [0.2, 0.25) is 0 Å². The summed E-state index contributed by atoms with van der Waals surface area (Å²) in [6.07, 6.45) is 2.97. The van der Waals surface area contributed by atoms with E-state index < -0.39 is 0 Å². The number of benzene rings is 1. The SMILES string of the molecule is N#Cc1c(NC(=O)c2ccc(N)cc2N)sc2c1CCC2. The van der Waals surface area contributed by atoms with E-state index in [0.29, 0.717) is 27.5 Å². The number of hydrogen-bond acceptors (Lipinski definition) is 5. The summed E-state index contributed by atoms with van der Waals surface area (Å²) < 4.78 is 0. The molecule has 1 heterocycles. The first-order valence-electron chi connectivity index (χ1n) is 6.61. The van der Waals surface area contributed by atoms with Crippen LogP contribution in [0.4, 0.5) is 16.4 Å². The molecule has 5 N–H and O–H groups in total. The van der Waals surface area contributed by atoms with Crippen LogP contribution in [0.15, 0.2) is 18.2 Å². The molecule has 21 heavy (non-hydrogen) atoms. The highest BCUT2D eigenvalue weighted by molar-refractivity contribution is 7.16. The zero-order valence-corrected chi connectivity index (χ0v) is 12.1. The first-order valence-corrected chi connectivity index (χ1v) is 7.42. The van der Waals surface area contributed by atoms with Gasteiger partial charge >= 0.3 is 0 Å². The molecule has 0 saturated carbocycles. The predicted molar refractivity (Wildman–Crippen MR) is 84.3 cm³/mol. The molecule has 1 aromatic heterocycles. The van der Waals surface area contributed by atoms with Gasteiger partial charge in [0.2, 0.25) is 0 Å². The standard InChI is InChI=1S/C15H14N4OS/c16-7-11-9-2-1-3-13(9)21-15(11)19-14(20)10-5-4-8(17)6-12(10)18/h4-6H,1-3,17-18H2,(H,19,20). The highest BCUT2D eigenvalue weighted by Gasteiger charge is 2.23. The molecule has 0 radical (unpaired) electrons. The van der Waals surface area contributed by atoms with Gasteiger partial charge in [0.25, 0.3) is 5.91 Å². The fraction of sp³-hybridized carbons (Fsp3) is 0.200. The number of aryl methyl sites for hydroxylation is 1. The number of nitrogen functional groups attached to an aromatic ring is 2. The van der Waals surface area contributed by atoms with E-state index in [9.17, 15) is 10.1 Å². The zero-order chi connectivity index (χ0) is 15.0. The Balaban J connectivity index is 1.91. The van der Waals surface area contributed by atoms with E-state index in [1.807, 2.05) is 0 Å². The van der Waals surface area contributed by atoms with E-state index in [1.54, 1.807) is 18.2 Å². The third-order valence-corrected chi connectivity index (χ3v) is 4.79. The minimum absolute atomic E-state index is 0.316. The van der Waals surface area contributed by atoms with Crippen LogP contribution in [0.3, 0.4) is 0 Å². The Kier molecular flexibility index (Phi) is 3.28. The van der Waals surface area contributed by atoms with Crippen molar-refractivity contribution in [3.63, 3.8) is 0 Å². The number of rotatable bonds is 2. The molecule has 2 aromatic rings. The van der Waals surface area contributed by atoms with E-state index >= 15 is 0 Å². The van der Waals surface area contributed by atoms with Crippen LogP contribution in [0.25, 0.3) is 0 Å². The molecule has 1 aromatic carbocycles. The number of carbonyl (C=O) groups is 1. The largest absolute Gasteiger partial charge is 0.399 e. The monoisotopic (exact) mass is 298 g/mol. The smallest absolute Gasteiger partial charge is 0.258 e. The molecule has 0 spiro atoms. The van der Waals surface area contributed by atoms with Gasteiger partial charge in [0.15, 0.2) is 0 Å². The summed E-state index contributed by atoms with van der Waals surface area (Å²) in [5, 5.41) is 12.7. The molecule has 0 bridgehead atoms. The summed E-state index contributed by atoms with van der Waals surface area (Å²) in [6.45, 7) is 0. The van der Waals surface area contributed by atoms with Gasteiger partial charge in [-0.05, 0) is 43.0 Å². The van der Waals surface area contributed by atoms with E-state index in [0.717, 1.165) is 24.8 Å². The van der Waals surface area contributed by atoms with Crippen molar-refractivity contribution in [3.05, 3.63) is 39.8 Å². The summed E-state index contributed by atoms with van der Waals surface area (Å²) in [5.41, 5.74) is 14.3. The molecule has 3 rings (SSSR count). The Morgan fingerprint density at radius 2 is 2.14 bits per heavy atom. The predicted octanol–water partition coefficient (Wildman–Crippen LogP) is 2.53. The highest BCUT2D eigenvalue weighted by atomic mass is 32.1. The van der Waals surface area contributed by atoms with Gasteiger partial charge in [-0.1, -0.05) is 0 Å². The van der Waals surface area contributed by atoms with Crippen molar-refractivity contribution in [2.75, 3.05) is 16.8 Å². The second kappa shape index (κ2) is 5.11. The molecule has 1 aliphatic rings. The number of anilines is 3. The van der Waals surface area contributed by atoms with Crippen LogP contribution < -0.4 is 16.8 Å². The molecule has 0 atom stereocenters. The van der Waals surface area contributed by atoms with Gasteiger partial charge in [-0.2, -0.15) is 5.26 Å². The molecule has 106 valence electrons. The summed E-state index contributed by atoms with van der Waals surface area (Å²) in [6, 6.07) is 6.97. The summed E-state index contributed by atoms with van der Waals surface area (Å²) in [4.78, 5) is 13.5. The van der Waals surface area contributed by atoms with Gasteiger partial charge in [-0.25, -0.2) is 0 Å². The van der Waals surface area contributed by atoms with Crippen molar-refractivity contribution < 1.29 is 4.79 Å². The number of carbonyl (C=O) groups excluding carboxylic acids is 1. The highest BCUT2D eigenvalue weighted by Crippen LogP contribution is 2.38. The van der Waals surface area contributed by atoms with Crippen molar-refractivity contribution in [2.24, 2.45) is 0 Å². The first-order chi connectivity index (χ1) is 10.1. The number of nitriles is 1. The lowest BCUT2D eigenvalue weighted by Crippen LogP contribution is -2.14. The quantitative estimate of drug-likeness (QED) is 0.741. The molecule has 0 unspecified atom stereocenters. The Bertz CT molecular complexity index is 773. The molecular formula is C15H14N4OS. The molecule has 1 amide bonds. The van der Waals surface area contributed by atoms with Crippen LogP contribution >= 0.6 is 11.3 Å². The van der Waals surface area contributed by atoms with E-state index in [-0.39, 0.29) is 5.91 Å². The van der Waals surface area contributed by atoms with Crippen molar-refractivity contribution in [3.8, 4) is 6.07 Å². The lowest BCUT2D eigenvalue weighted by molar-refractivity contribution is 0.102. The number of amides is 1. The second-order valence-corrected chi connectivity index (χ2v) is 6.08. The average Bonchev–Trinajstić information content (AvgIpc) is 2.98. The van der Waals surface area contributed by atoms with Crippen LogP contribution in [-0.2, 0) is 12.8 Å². The molecule has 0 fully saturated rings. The van der Waals surface area contributed by atoms with Gasteiger partial charge in [0.05, 0.1) is 11.1 Å². The third kappa shape index (κ3) is 2.32. The number of nitrogens with zero attached hydrogens (tertiary/aromatic N) is 1. The zero-order valence-electron chi connectivity index (χ0n) is 11.3. The van der Waals surface area contributed by atoms with Crippen molar-refractivity contribution in [2.45, 2.75) is 19.3 Å². The minimum Gasteiger partial charge on any atom is -0.399 e. The molecule has 1 aliphatic carbocycles. The van der Waals surface area contributed by atoms with Gasteiger partial charge in [-0.3, -0.25) is 4.79 Å². The Labute approximate surface area is 126 Å². The van der Waals surface area contributed by atoms with Gasteiger partial charge in [0.1, 0.15) is 11.1 Å². The normalized spacial score (nSPS) is 12.7. The summed E-state index contributed by atoms with van der Waals surface area (Å²) in [7, 11) is 0. The number of nitrogens with one attached hydrogen (secondary N) is 1. The fourth-order valence-electron chi connectivity index (χ4n) is 2.57. The second-order valence-electron chi connectivity index (χ2n) is 4.97. The number of thiophene rings is 1.